The molecule has 0 atom stereocenters. The van der Waals surface area contributed by atoms with Gasteiger partial charge in [0.25, 0.3) is 5.69 Å². The third-order valence-electron chi connectivity index (χ3n) is 2.72. The number of halogens is 1. The van der Waals surface area contributed by atoms with Gasteiger partial charge in [-0.05, 0) is 30.4 Å². The molecule has 0 bridgehead atoms. The van der Waals surface area contributed by atoms with Crippen molar-refractivity contribution in [2.45, 2.75) is 0 Å². The zero-order chi connectivity index (χ0) is 17.0. The van der Waals surface area contributed by atoms with Crippen molar-refractivity contribution in [3.63, 3.8) is 0 Å². The number of nitrogens with zero attached hydrogens (tertiary/aromatic N) is 2. The van der Waals surface area contributed by atoms with Crippen LogP contribution in [0.2, 0.25) is 5.02 Å². The van der Waals surface area contributed by atoms with Crippen LogP contribution in [-0.4, -0.2) is 23.4 Å². The average Bonchev–Trinajstić information content (AvgIpc) is 2.95. The van der Waals surface area contributed by atoms with E-state index in [1.807, 2.05) is 0 Å². The maximum Gasteiger partial charge on any atom is 0.291 e. The molecule has 2 aromatic rings. The number of thiocarbonyl (C=S) groups is 1. The van der Waals surface area contributed by atoms with Gasteiger partial charge in [0, 0.05) is 0 Å². The maximum absolute atomic E-state index is 10.9. The SMILES string of the molecule is COc1cc([N+](=O)[O-])c(Cl)cc1-c1ccc(/C=N\NC(N)=S)o1. The second-order valence-electron chi connectivity index (χ2n) is 4.20. The summed E-state index contributed by atoms with van der Waals surface area (Å²) in [7, 11) is 1.40. The van der Waals surface area contributed by atoms with Crippen molar-refractivity contribution in [2.24, 2.45) is 10.8 Å². The highest BCUT2D eigenvalue weighted by atomic mass is 35.5. The molecular formula is C13H11ClN4O4S. The van der Waals surface area contributed by atoms with Crippen molar-refractivity contribution in [3.8, 4) is 17.1 Å². The fourth-order valence-electron chi connectivity index (χ4n) is 1.77. The molecule has 3 N–H and O–H groups in total. The normalized spacial score (nSPS) is 10.7. The van der Waals surface area contributed by atoms with Crippen LogP contribution in [0.15, 0.2) is 33.8 Å². The highest BCUT2D eigenvalue weighted by Crippen LogP contribution is 2.38. The number of hydrogen-bond donors (Lipinski definition) is 2. The van der Waals surface area contributed by atoms with Gasteiger partial charge in [-0.3, -0.25) is 15.5 Å². The van der Waals surface area contributed by atoms with Crippen LogP contribution >= 0.6 is 23.8 Å². The molecule has 23 heavy (non-hydrogen) atoms. The van der Waals surface area contributed by atoms with E-state index in [1.54, 1.807) is 12.1 Å². The summed E-state index contributed by atoms with van der Waals surface area (Å²) in [6.45, 7) is 0. The highest BCUT2D eigenvalue weighted by molar-refractivity contribution is 7.80. The lowest BCUT2D eigenvalue weighted by molar-refractivity contribution is -0.384. The van der Waals surface area contributed by atoms with Crippen LogP contribution in [0.4, 0.5) is 5.69 Å². The van der Waals surface area contributed by atoms with Gasteiger partial charge in [-0.15, -0.1) is 0 Å². The lowest BCUT2D eigenvalue weighted by Crippen LogP contribution is -2.23. The summed E-state index contributed by atoms with van der Waals surface area (Å²) in [5.74, 6) is 1.09. The van der Waals surface area contributed by atoms with E-state index in [-0.39, 0.29) is 21.6 Å². The van der Waals surface area contributed by atoms with Crippen molar-refractivity contribution in [3.05, 3.63) is 45.2 Å². The number of benzene rings is 1. The Kier molecular flexibility index (Phi) is 5.14. The van der Waals surface area contributed by atoms with E-state index in [1.165, 1.54) is 25.5 Å². The van der Waals surface area contributed by atoms with Gasteiger partial charge in [0.2, 0.25) is 0 Å². The van der Waals surface area contributed by atoms with Gasteiger partial charge in [0.15, 0.2) is 5.11 Å². The van der Waals surface area contributed by atoms with Crippen LogP contribution in [0, 0.1) is 10.1 Å². The lowest BCUT2D eigenvalue weighted by atomic mass is 10.1. The predicted octanol–water partition coefficient (Wildman–Crippen LogP) is 2.68. The molecule has 10 heteroatoms. The van der Waals surface area contributed by atoms with Crippen molar-refractivity contribution in [1.29, 1.82) is 0 Å². The molecule has 0 radical (unpaired) electrons. The molecule has 0 amide bonds. The minimum absolute atomic E-state index is 0.0208. The Bertz CT molecular complexity index is 790. The predicted molar refractivity (Wildman–Crippen MR) is 89.9 cm³/mol. The Morgan fingerprint density at radius 3 is 2.91 bits per heavy atom. The summed E-state index contributed by atoms with van der Waals surface area (Å²) in [4.78, 5) is 10.3. The van der Waals surface area contributed by atoms with E-state index in [2.05, 4.69) is 22.7 Å². The third-order valence-corrected chi connectivity index (χ3v) is 3.12. The number of nitro benzene ring substituents is 1. The van der Waals surface area contributed by atoms with Crippen LogP contribution in [-0.2, 0) is 0 Å². The number of hydrazone groups is 1. The molecule has 0 fully saturated rings. The average molecular weight is 355 g/mol. The van der Waals surface area contributed by atoms with Crippen LogP contribution in [0.25, 0.3) is 11.3 Å². The third kappa shape index (κ3) is 3.96. The number of hydrogen-bond acceptors (Lipinski definition) is 6. The Morgan fingerprint density at radius 1 is 1.57 bits per heavy atom. The number of nitro groups is 1. The fourth-order valence-corrected chi connectivity index (χ4v) is 2.06. The quantitative estimate of drug-likeness (QED) is 0.367. The first-order valence-electron chi connectivity index (χ1n) is 6.13. The minimum Gasteiger partial charge on any atom is -0.496 e. The summed E-state index contributed by atoms with van der Waals surface area (Å²) < 4.78 is 10.7. The molecule has 1 heterocycles. The first kappa shape index (κ1) is 16.7. The second-order valence-corrected chi connectivity index (χ2v) is 5.04. The van der Waals surface area contributed by atoms with Crippen molar-refractivity contribution in [1.82, 2.24) is 5.43 Å². The van der Waals surface area contributed by atoms with Crippen LogP contribution in [0.1, 0.15) is 5.76 Å². The van der Waals surface area contributed by atoms with E-state index < -0.39 is 4.92 Å². The first-order chi connectivity index (χ1) is 10.9. The topological polar surface area (TPSA) is 116 Å². The molecule has 1 aromatic heterocycles. The molecule has 8 nitrogen and oxygen atoms in total. The molecule has 0 aliphatic heterocycles. The van der Waals surface area contributed by atoms with E-state index >= 15 is 0 Å². The molecule has 0 saturated carbocycles. The van der Waals surface area contributed by atoms with Gasteiger partial charge in [0.1, 0.15) is 22.3 Å². The molecule has 0 unspecified atom stereocenters. The number of furan rings is 1. The molecule has 1 aromatic carbocycles. The van der Waals surface area contributed by atoms with Gasteiger partial charge < -0.3 is 14.9 Å². The van der Waals surface area contributed by atoms with Gasteiger partial charge in [-0.2, -0.15) is 5.10 Å². The van der Waals surface area contributed by atoms with Crippen molar-refractivity contribution < 1.29 is 14.1 Å². The summed E-state index contributed by atoms with van der Waals surface area (Å²) >= 11 is 10.5. The smallest absolute Gasteiger partial charge is 0.291 e. The van der Waals surface area contributed by atoms with Crippen LogP contribution in [0.5, 0.6) is 5.75 Å². The van der Waals surface area contributed by atoms with E-state index in [9.17, 15) is 10.1 Å². The highest BCUT2D eigenvalue weighted by Gasteiger charge is 2.20. The Balaban J connectivity index is 2.37. The summed E-state index contributed by atoms with van der Waals surface area (Å²) in [5.41, 5.74) is 7.86. The van der Waals surface area contributed by atoms with Gasteiger partial charge in [0.05, 0.1) is 29.9 Å². The van der Waals surface area contributed by atoms with Gasteiger partial charge in [-0.1, -0.05) is 11.6 Å². The number of nitrogens with one attached hydrogen (secondary N) is 1. The number of ether oxygens (including phenoxy) is 1. The molecule has 120 valence electrons. The van der Waals surface area contributed by atoms with Gasteiger partial charge >= 0.3 is 0 Å². The van der Waals surface area contributed by atoms with Gasteiger partial charge in [-0.25, -0.2) is 0 Å². The molecule has 2 rings (SSSR count). The van der Waals surface area contributed by atoms with Crippen molar-refractivity contribution >= 4 is 40.8 Å². The summed E-state index contributed by atoms with van der Waals surface area (Å²) in [5, 5.41) is 14.7. The Labute approximate surface area is 141 Å². The van der Waals surface area contributed by atoms with Crippen LogP contribution < -0.4 is 15.9 Å². The molecular weight excluding hydrogens is 344 g/mol. The monoisotopic (exact) mass is 354 g/mol. The second kappa shape index (κ2) is 7.07. The largest absolute Gasteiger partial charge is 0.496 e. The minimum atomic E-state index is -0.587. The summed E-state index contributed by atoms with van der Waals surface area (Å²) in [6.07, 6.45) is 1.38. The van der Waals surface area contributed by atoms with E-state index in [0.717, 1.165) is 0 Å². The van der Waals surface area contributed by atoms with E-state index in [4.69, 9.17) is 26.5 Å². The zero-order valence-corrected chi connectivity index (χ0v) is 13.4. The zero-order valence-electron chi connectivity index (χ0n) is 11.8. The molecule has 0 aliphatic rings. The number of rotatable bonds is 5. The van der Waals surface area contributed by atoms with Crippen LogP contribution in [0.3, 0.4) is 0 Å². The van der Waals surface area contributed by atoms with E-state index in [0.29, 0.717) is 17.1 Å². The Hall–Kier alpha value is -2.65. The number of nitrogens with two attached hydrogens (primary N) is 1. The number of methoxy groups -OCH3 is 1. The molecule has 0 saturated heterocycles. The Morgan fingerprint density at radius 2 is 2.30 bits per heavy atom. The maximum atomic E-state index is 10.9. The van der Waals surface area contributed by atoms with Crippen molar-refractivity contribution in [2.75, 3.05) is 7.11 Å². The first-order valence-corrected chi connectivity index (χ1v) is 6.91. The fraction of sp³-hybridized carbons (Fsp3) is 0.0769. The molecule has 0 aliphatic carbocycles. The molecule has 0 spiro atoms. The lowest BCUT2D eigenvalue weighted by Gasteiger charge is -2.07. The summed E-state index contributed by atoms with van der Waals surface area (Å²) in [6, 6.07) is 5.95. The standard InChI is InChI=1S/C13H11ClN4O4S/c1-21-12-5-10(18(19)20)9(14)4-8(12)11-3-2-7(22-11)6-16-17-13(15)23/h2-6H,1H3,(H3,15,17,23)/b16-6-.